The molecule has 2 rings (SSSR count). The van der Waals surface area contributed by atoms with Gasteiger partial charge in [-0.25, -0.2) is 4.79 Å². The zero-order valence-corrected chi connectivity index (χ0v) is 11.7. The molecular formula is C14H26N2O3. The van der Waals surface area contributed by atoms with Crippen LogP contribution in [-0.4, -0.2) is 43.5 Å². The molecule has 2 fully saturated rings. The number of fused-ring (bicyclic) bond motifs is 2. The topological polar surface area (TPSA) is 70.6 Å². The van der Waals surface area contributed by atoms with Crippen molar-refractivity contribution >= 4 is 6.03 Å². The van der Waals surface area contributed by atoms with E-state index in [2.05, 4.69) is 10.6 Å². The molecule has 5 nitrogen and oxygen atoms in total. The third-order valence-corrected chi connectivity index (χ3v) is 4.55. The average Bonchev–Trinajstić information content (AvgIpc) is 2.99. The summed E-state index contributed by atoms with van der Waals surface area (Å²) in [4.78, 5) is 11.8. The third-order valence-electron chi connectivity index (χ3n) is 4.55. The highest BCUT2D eigenvalue weighted by atomic mass is 16.5. The summed E-state index contributed by atoms with van der Waals surface area (Å²) in [6.07, 6.45) is 4.41. The van der Waals surface area contributed by atoms with Crippen LogP contribution >= 0.6 is 0 Å². The predicted octanol–water partition coefficient (Wildman–Crippen LogP) is 1.12. The van der Waals surface area contributed by atoms with Gasteiger partial charge in [0.15, 0.2) is 0 Å². The summed E-state index contributed by atoms with van der Waals surface area (Å²) in [5, 5.41) is 15.4. The molecule has 0 aliphatic heterocycles. The number of amides is 2. The second kappa shape index (κ2) is 7.10. The zero-order chi connectivity index (χ0) is 13.7. The Morgan fingerprint density at radius 2 is 2.16 bits per heavy atom. The molecule has 0 radical (unpaired) electrons. The van der Waals surface area contributed by atoms with Crippen molar-refractivity contribution in [3.8, 4) is 0 Å². The van der Waals surface area contributed by atoms with Gasteiger partial charge in [0.05, 0.1) is 0 Å². The van der Waals surface area contributed by atoms with E-state index >= 15 is 0 Å². The summed E-state index contributed by atoms with van der Waals surface area (Å²) in [7, 11) is 0. The minimum atomic E-state index is -0.104. The fourth-order valence-corrected chi connectivity index (χ4v) is 3.62. The van der Waals surface area contributed by atoms with Crippen LogP contribution in [0.2, 0.25) is 0 Å². The number of hydrogen-bond acceptors (Lipinski definition) is 3. The van der Waals surface area contributed by atoms with E-state index in [1.54, 1.807) is 0 Å². The van der Waals surface area contributed by atoms with Crippen LogP contribution in [0.25, 0.3) is 0 Å². The molecular weight excluding hydrogens is 244 g/mol. The Labute approximate surface area is 115 Å². The predicted molar refractivity (Wildman–Crippen MR) is 72.8 cm³/mol. The Balaban J connectivity index is 1.67. The first-order chi connectivity index (χ1) is 9.26. The summed E-state index contributed by atoms with van der Waals surface area (Å²) in [6.45, 7) is 4.19. The van der Waals surface area contributed by atoms with Crippen molar-refractivity contribution in [1.29, 1.82) is 0 Å². The van der Waals surface area contributed by atoms with Gasteiger partial charge in [-0.05, 0) is 44.4 Å². The molecule has 19 heavy (non-hydrogen) atoms. The van der Waals surface area contributed by atoms with E-state index in [1.807, 2.05) is 6.92 Å². The van der Waals surface area contributed by atoms with E-state index < -0.39 is 0 Å². The molecule has 0 spiro atoms. The maximum atomic E-state index is 11.8. The second-order valence-corrected chi connectivity index (χ2v) is 5.66. The molecule has 5 heteroatoms. The van der Waals surface area contributed by atoms with Crippen LogP contribution < -0.4 is 10.6 Å². The van der Waals surface area contributed by atoms with Gasteiger partial charge in [-0.2, -0.15) is 0 Å². The largest absolute Gasteiger partial charge is 0.396 e. The molecule has 0 aromatic rings. The Bertz CT molecular complexity index is 298. The first-order valence-electron chi connectivity index (χ1n) is 7.49. The lowest BCUT2D eigenvalue weighted by Crippen LogP contribution is -2.49. The van der Waals surface area contributed by atoms with Gasteiger partial charge >= 0.3 is 6.03 Å². The standard InChI is InChI=1S/C14H26N2O3/c1-2-19-7-3-6-15-14(18)16-13-11-5-4-10(8-11)12(13)9-17/h10-13,17H,2-9H2,1H3,(H2,15,16,18). The molecule has 4 atom stereocenters. The molecule has 4 unspecified atom stereocenters. The van der Waals surface area contributed by atoms with Crippen LogP contribution in [0.1, 0.15) is 32.6 Å². The van der Waals surface area contributed by atoms with Gasteiger partial charge < -0.3 is 20.5 Å². The maximum Gasteiger partial charge on any atom is 0.315 e. The van der Waals surface area contributed by atoms with Crippen molar-refractivity contribution < 1.29 is 14.6 Å². The molecule has 0 heterocycles. The third kappa shape index (κ3) is 3.60. The van der Waals surface area contributed by atoms with Crippen LogP contribution in [0.4, 0.5) is 4.79 Å². The normalized spacial score (nSPS) is 32.5. The molecule has 0 aromatic carbocycles. The lowest BCUT2D eigenvalue weighted by molar-refractivity contribution is 0.141. The summed E-state index contributed by atoms with van der Waals surface area (Å²) in [5.41, 5.74) is 0. The molecule has 0 aromatic heterocycles. The number of aliphatic hydroxyl groups excluding tert-OH is 1. The Hall–Kier alpha value is -0.810. The monoisotopic (exact) mass is 270 g/mol. The SMILES string of the molecule is CCOCCCNC(=O)NC1C2CCC(C2)C1CO. The number of hydrogen-bond donors (Lipinski definition) is 3. The highest BCUT2D eigenvalue weighted by Gasteiger charge is 2.47. The minimum Gasteiger partial charge on any atom is -0.396 e. The number of aliphatic hydroxyl groups is 1. The number of urea groups is 1. The van der Waals surface area contributed by atoms with Crippen LogP contribution in [0, 0.1) is 17.8 Å². The summed E-state index contributed by atoms with van der Waals surface area (Å²) in [5.74, 6) is 1.43. The number of rotatable bonds is 7. The molecule has 2 amide bonds. The smallest absolute Gasteiger partial charge is 0.315 e. The van der Waals surface area contributed by atoms with Gasteiger partial charge in [0, 0.05) is 38.3 Å². The van der Waals surface area contributed by atoms with Crippen LogP contribution in [-0.2, 0) is 4.74 Å². The summed E-state index contributed by atoms with van der Waals surface area (Å²) < 4.78 is 5.22. The number of carbonyl (C=O) groups excluding carboxylic acids is 1. The van der Waals surface area contributed by atoms with E-state index in [-0.39, 0.29) is 24.6 Å². The maximum absolute atomic E-state index is 11.8. The van der Waals surface area contributed by atoms with E-state index in [9.17, 15) is 9.90 Å². The summed E-state index contributed by atoms with van der Waals surface area (Å²) in [6, 6.07) is 0.0585. The first kappa shape index (κ1) is 14.6. The van der Waals surface area contributed by atoms with Crippen LogP contribution in [0.5, 0.6) is 0 Å². The van der Waals surface area contributed by atoms with Crippen LogP contribution in [0.15, 0.2) is 0 Å². The average molecular weight is 270 g/mol. The highest BCUT2D eigenvalue weighted by molar-refractivity contribution is 5.74. The molecule has 2 aliphatic carbocycles. The summed E-state index contributed by atoms with van der Waals surface area (Å²) >= 11 is 0. The lowest BCUT2D eigenvalue weighted by atomic mass is 9.85. The van der Waals surface area contributed by atoms with Gasteiger partial charge in [0.2, 0.25) is 0 Å². The molecule has 2 saturated carbocycles. The highest BCUT2D eigenvalue weighted by Crippen LogP contribution is 2.48. The quantitative estimate of drug-likeness (QED) is 0.607. The molecule has 110 valence electrons. The van der Waals surface area contributed by atoms with Crippen molar-refractivity contribution in [2.75, 3.05) is 26.4 Å². The lowest BCUT2D eigenvalue weighted by Gasteiger charge is -2.30. The van der Waals surface area contributed by atoms with E-state index in [1.165, 1.54) is 19.3 Å². The van der Waals surface area contributed by atoms with Crippen molar-refractivity contribution in [1.82, 2.24) is 10.6 Å². The van der Waals surface area contributed by atoms with Crippen molar-refractivity contribution in [2.45, 2.75) is 38.6 Å². The van der Waals surface area contributed by atoms with Gasteiger partial charge in [0.1, 0.15) is 0 Å². The van der Waals surface area contributed by atoms with Gasteiger partial charge in [-0.1, -0.05) is 0 Å². The minimum absolute atomic E-state index is 0.104. The number of nitrogens with one attached hydrogen (secondary N) is 2. The van der Waals surface area contributed by atoms with E-state index in [0.717, 1.165) is 13.0 Å². The molecule has 2 aliphatic rings. The molecule has 3 N–H and O–H groups in total. The second-order valence-electron chi connectivity index (χ2n) is 5.66. The van der Waals surface area contributed by atoms with Gasteiger partial charge in [-0.15, -0.1) is 0 Å². The Morgan fingerprint density at radius 3 is 2.89 bits per heavy atom. The first-order valence-corrected chi connectivity index (χ1v) is 7.49. The Kier molecular flexibility index (Phi) is 5.45. The molecule has 0 saturated heterocycles. The van der Waals surface area contributed by atoms with Gasteiger partial charge in [0.25, 0.3) is 0 Å². The Morgan fingerprint density at radius 1 is 1.37 bits per heavy atom. The van der Waals surface area contributed by atoms with Gasteiger partial charge in [-0.3, -0.25) is 0 Å². The van der Waals surface area contributed by atoms with E-state index in [0.29, 0.717) is 25.0 Å². The van der Waals surface area contributed by atoms with Crippen LogP contribution in [0.3, 0.4) is 0 Å². The van der Waals surface area contributed by atoms with E-state index in [4.69, 9.17) is 4.74 Å². The number of carbonyl (C=O) groups is 1. The fraction of sp³-hybridized carbons (Fsp3) is 0.929. The van der Waals surface area contributed by atoms with Crippen molar-refractivity contribution in [3.63, 3.8) is 0 Å². The van der Waals surface area contributed by atoms with Crippen molar-refractivity contribution in [3.05, 3.63) is 0 Å². The molecule has 2 bridgehead atoms. The van der Waals surface area contributed by atoms with Crippen molar-refractivity contribution in [2.24, 2.45) is 17.8 Å². The fourth-order valence-electron chi connectivity index (χ4n) is 3.62. The number of ether oxygens (including phenoxy) is 1. The zero-order valence-electron chi connectivity index (χ0n) is 11.7.